The number of fused-ring (bicyclic) bond motifs is 7. The number of allylic oxidation sites excluding steroid dienone is 1. The molecule has 0 aliphatic heterocycles. The predicted molar refractivity (Wildman–Crippen MR) is 220 cm³/mol. The second-order valence-electron chi connectivity index (χ2n) is 21.1. The summed E-state index contributed by atoms with van der Waals surface area (Å²) in [5.41, 5.74) is 0.994. The van der Waals surface area contributed by atoms with E-state index in [-0.39, 0.29) is 57.7 Å². The molecule has 57 heavy (non-hydrogen) atoms. The van der Waals surface area contributed by atoms with E-state index in [0.29, 0.717) is 44.4 Å². The molecule has 0 aromatic carbocycles. The number of carbonyl (C=O) groups is 4. The molecule has 316 valence electrons. The number of hydrogen-bond acceptors (Lipinski definition) is 8. The van der Waals surface area contributed by atoms with Crippen LogP contribution < -0.4 is 5.32 Å². The number of carboxylic acids is 1. The largest absolute Gasteiger partial charge is 0.481 e. The quantitative estimate of drug-likeness (QED) is 0.171. The fourth-order valence-electron chi connectivity index (χ4n) is 13.7. The van der Waals surface area contributed by atoms with Crippen molar-refractivity contribution in [3.63, 3.8) is 0 Å². The molecule has 4 fully saturated rings. The molecule has 5 aliphatic rings. The van der Waals surface area contributed by atoms with Crippen molar-refractivity contribution < 1.29 is 34.1 Å². The molecule has 1 aromatic rings. The van der Waals surface area contributed by atoms with Crippen molar-refractivity contribution in [3.8, 4) is 0 Å². The number of nitrogens with one attached hydrogen (secondary N) is 1. The summed E-state index contributed by atoms with van der Waals surface area (Å²) in [5, 5.41) is 25.2. The second kappa shape index (κ2) is 15.5. The van der Waals surface area contributed by atoms with Crippen LogP contribution in [0.15, 0.2) is 35.5 Å². The van der Waals surface area contributed by atoms with Crippen molar-refractivity contribution in [1.82, 2.24) is 15.2 Å². The molecule has 10 nitrogen and oxygen atoms in total. The van der Waals surface area contributed by atoms with E-state index >= 15 is 0 Å². The first-order valence-corrected chi connectivity index (χ1v) is 21.8. The molecule has 5 aliphatic carbocycles. The highest BCUT2D eigenvalue weighted by molar-refractivity contribution is 6.00. The third-order valence-corrected chi connectivity index (χ3v) is 16.8. The van der Waals surface area contributed by atoms with E-state index in [0.717, 1.165) is 62.6 Å². The lowest BCUT2D eigenvalue weighted by molar-refractivity contribution is -0.235. The highest BCUT2D eigenvalue weighted by Gasteiger charge is 2.71. The van der Waals surface area contributed by atoms with Crippen molar-refractivity contribution in [2.45, 2.75) is 152 Å². The number of hydrogen-bond donors (Lipinski definition) is 3. The van der Waals surface area contributed by atoms with Crippen LogP contribution in [0.1, 0.15) is 139 Å². The van der Waals surface area contributed by atoms with Crippen LogP contribution in [0.5, 0.6) is 0 Å². The number of pyridine rings is 1. The number of ketones is 1. The topological polar surface area (TPSA) is 146 Å². The molecule has 0 radical (unpaired) electrons. The van der Waals surface area contributed by atoms with Gasteiger partial charge in [0.2, 0.25) is 5.91 Å². The summed E-state index contributed by atoms with van der Waals surface area (Å²) < 4.78 is 6.18. The summed E-state index contributed by atoms with van der Waals surface area (Å²) in [4.78, 5) is 57.8. The summed E-state index contributed by atoms with van der Waals surface area (Å²) in [5.74, 6) is -0.277. The maximum absolute atomic E-state index is 14.3. The minimum atomic E-state index is -1.18. The average Bonchev–Trinajstić information content (AvgIpc) is 3.43. The molecule has 0 bridgehead atoms. The molecule has 3 N–H and O–H groups in total. The summed E-state index contributed by atoms with van der Waals surface area (Å²) in [6.45, 7) is 23.0. The Bertz CT molecular complexity index is 1760. The number of carboxylic acid groups (broad SMARTS) is 1. The molecule has 9 atom stereocenters. The SMILES string of the molecule is CC(=O)NCCN(Cc1ccccn1)C[C@H](O)[C@@]12CC[C@]3(C)[C@H](CC[C@@H]4[C@@]5(C)CC[C@@H](OC(=O)CC(C)(C)C(=O)O)C(C)(C)[C@@H]5CC[C@]43C)C1=C(C(C)C)C(=O)C2. The van der Waals surface area contributed by atoms with Gasteiger partial charge in [0.25, 0.3) is 0 Å². The van der Waals surface area contributed by atoms with Crippen LogP contribution in [-0.4, -0.2) is 75.6 Å². The first-order chi connectivity index (χ1) is 26.5. The molecule has 10 heteroatoms. The van der Waals surface area contributed by atoms with Crippen LogP contribution >= 0.6 is 0 Å². The summed E-state index contributed by atoms with van der Waals surface area (Å²) >= 11 is 0. The number of esters is 1. The minimum Gasteiger partial charge on any atom is -0.481 e. The van der Waals surface area contributed by atoms with Gasteiger partial charge in [0.05, 0.1) is 23.6 Å². The zero-order valence-electron chi connectivity index (χ0n) is 36.5. The Morgan fingerprint density at radius 2 is 1.70 bits per heavy atom. The van der Waals surface area contributed by atoms with Crippen LogP contribution in [0.4, 0.5) is 0 Å². The van der Waals surface area contributed by atoms with Crippen molar-refractivity contribution >= 4 is 23.6 Å². The Morgan fingerprint density at radius 3 is 2.33 bits per heavy atom. The van der Waals surface area contributed by atoms with Crippen molar-refractivity contribution in [2.24, 2.45) is 56.2 Å². The van der Waals surface area contributed by atoms with Crippen molar-refractivity contribution in [2.75, 3.05) is 19.6 Å². The van der Waals surface area contributed by atoms with Gasteiger partial charge in [0.15, 0.2) is 5.78 Å². The van der Waals surface area contributed by atoms with E-state index in [2.05, 4.69) is 63.7 Å². The van der Waals surface area contributed by atoms with E-state index in [1.165, 1.54) is 12.5 Å². The fourth-order valence-corrected chi connectivity index (χ4v) is 13.7. The standard InChI is InChI=1S/C47H71N3O7/c1-29(2)39-33(52)25-47(36(53)28-50(24-23-48-30(3)51)27-31-13-11-12-22-49-31)21-20-45(9)32(40(39)47)14-15-35-44(8)18-17-37(57-38(54)26-42(4,5)41(55)56)43(6,7)34(44)16-19-46(35,45)10/h11-13,22,29,32,34-37,53H,14-21,23-28H2,1-10H3,(H,48,51)(H,55,56)/t32-,34+,35-,36+,37-,44+,45-,46-,47+/m1/s1. The number of rotatable bonds is 13. The molecular formula is C47H71N3O7. The van der Waals surface area contributed by atoms with Gasteiger partial charge in [-0.3, -0.25) is 29.1 Å². The van der Waals surface area contributed by atoms with Crippen LogP contribution in [0.25, 0.3) is 0 Å². The van der Waals surface area contributed by atoms with Gasteiger partial charge in [-0.05, 0) is 123 Å². The molecule has 4 saturated carbocycles. The van der Waals surface area contributed by atoms with E-state index < -0.39 is 28.9 Å². The average molecular weight is 790 g/mol. The van der Waals surface area contributed by atoms with Gasteiger partial charge >= 0.3 is 11.9 Å². The van der Waals surface area contributed by atoms with Gasteiger partial charge in [-0.25, -0.2) is 0 Å². The van der Waals surface area contributed by atoms with Crippen LogP contribution in [0.3, 0.4) is 0 Å². The highest BCUT2D eigenvalue weighted by atomic mass is 16.5. The van der Waals surface area contributed by atoms with E-state index in [9.17, 15) is 29.4 Å². The molecule has 6 rings (SSSR count). The second-order valence-corrected chi connectivity index (χ2v) is 21.1. The lowest BCUT2D eigenvalue weighted by Crippen LogP contribution is -2.66. The lowest BCUT2D eigenvalue weighted by atomic mass is 9.33. The number of aliphatic carboxylic acids is 1. The summed E-state index contributed by atoms with van der Waals surface area (Å²) in [7, 11) is 0. The first kappa shape index (κ1) is 43.5. The van der Waals surface area contributed by atoms with Crippen molar-refractivity contribution in [3.05, 3.63) is 41.2 Å². The molecular weight excluding hydrogens is 719 g/mol. The Labute approximate surface area is 341 Å². The number of Topliss-reactive ketones (excluding diaryl/α,β-unsaturated/α-hetero) is 1. The number of aliphatic hydroxyl groups excluding tert-OH is 1. The zero-order valence-corrected chi connectivity index (χ0v) is 36.5. The van der Waals surface area contributed by atoms with Gasteiger partial charge in [0.1, 0.15) is 6.10 Å². The Balaban J connectivity index is 1.28. The molecule has 1 aromatic heterocycles. The van der Waals surface area contributed by atoms with Crippen LogP contribution in [0.2, 0.25) is 0 Å². The van der Waals surface area contributed by atoms with Gasteiger partial charge in [-0.2, -0.15) is 0 Å². The predicted octanol–water partition coefficient (Wildman–Crippen LogP) is 7.77. The number of aromatic nitrogens is 1. The number of nitrogens with zero attached hydrogens (tertiary/aromatic N) is 2. The third kappa shape index (κ3) is 7.42. The maximum Gasteiger partial charge on any atom is 0.309 e. The van der Waals surface area contributed by atoms with E-state index in [4.69, 9.17) is 4.74 Å². The molecule has 0 spiro atoms. The number of aliphatic hydroxyl groups is 1. The molecule has 0 saturated heterocycles. The Kier molecular flexibility index (Phi) is 11.8. The van der Waals surface area contributed by atoms with E-state index in [1.807, 2.05) is 18.2 Å². The van der Waals surface area contributed by atoms with Gasteiger partial charge < -0.3 is 20.3 Å². The molecule has 1 amide bonds. The lowest BCUT2D eigenvalue weighted by Gasteiger charge is -2.72. The Hall–Kier alpha value is -3.11. The fraction of sp³-hybridized carbons (Fsp3) is 0.766. The van der Waals surface area contributed by atoms with Crippen molar-refractivity contribution in [1.29, 1.82) is 0 Å². The molecule has 1 heterocycles. The first-order valence-electron chi connectivity index (χ1n) is 21.8. The smallest absolute Gasteiger partial charge is 0.309 e. The zero-order chi connectivity index (χ0) is 41.9. The number of ether oxygens (including phenoxy) is 1. The number of amides is 1. The summed E-state index contributed by atoms with van der Waals surface area (Å²) in [6.07, 6.45) is 8.49. The highest BCUT2D eigenvalue weighted by Crippen LogP contribution is 2.77. The van der Waals surface area contributed by atoms with Crippen LogP contribution in [-0.2, 0) is 30.5 Å². The number of carbonyl (C=O) groups excluding carboxylic acids is 3. The summed E-state index contributed by atoms with van der Waals surface area (Å²) in [6, 6.07) is 5.85. The molecule has 0 unspecified atom stereocenters. The van der Waals surface area contributed by atoms with Gasteiger partial charge in [-0.1, -0.05) is 60.1 Å². The van der Waals surface area contributed by atoms with Crippen LogP contribution in [0, 0.1) is 56.2 Å². The van der Waals surface area contributed by atoms with Gasteiger partial charge in [0, 0.05) is 56.6 Å². The van der Waals surface area contributed by atoms with Gasteiger partial charge in [-0.15, -0.1) is 0 Å². The van der Waals surface area contributed by atoms with E-state index in [1.54, 1.807) is 20.0 Å². The maximum atomic E-state index is 14.3. The monoisotopic (exact) mass is 790 g/mol. The normalized spacial score (nSPS) is 35.2. The third-order valence-electron chi connectivity index (χ3n) is 16.8. The Morgan fingerprint density at radius 1 is 0.982 bits per heavy atom. The minimum absolute atomic E-state index is 0.00743.